The van der Waals surface area contributed by atoms with Gasteiger partial charge in [0.1, 0.15) is 16.5 Å². The normalized spacial score (nSPS) is 11.9. The van der Waals surface area contributed by atoms with Gasteiger partial charge in [0.2, 0.25) is 0 Å². The van der Waals surface area contributed by atoms with Crippen LogP contribution in [0.3, 0.4) is 0 Å². The van der Waals surface area contributed by atoms with E-state index in [1.807, 2.05) is 0 Å². The van der Waals surface area contributed by atoms with E-state index in [2.05, 4.69) is 0 Å². The molecule has 0 saturated carbocycles. The molecule has 0 spiro atoms. The second kappa shape index (κ2) is 7.36. The topological polar surface area (TPSA) is 64.1 Å². The van der Waals surface area contributed by atoms with Crippen molar-refractivity contribution in [2.75, 3.05) is 0 Å². The van der Waals surface area contributed by atoms with Gasteiger partial charge in [-0.3, -0.25) is 9.36 Å². The van der Waals surface area contributed by atoms with Gasteiger partial charge < -0.3 is 9.72 Å². The molecule has 0 aliphatic carbocycles. The number of hydrogen-bond donors (Lipinski definition) is 1. The molecular weight excluding hydrogens is 396 g/mol. The van der Waals surface area contributed by atoms with Crippen molar-refractivity contribution in [3.8, 4) is 5.75 Å². The van der Waals surface area contributed by atoms with Crippen molar-refractivity contribution in [2.24, 2.45) is 0 Å². The fourth-order valence-electron chi connectivity index (χ4n) is 2.31. The molecule has 1 aromatic carbocycles. The van der Waals surface area contributed by atoms with E-state index in [1.165, 1.54) is 12.1 Å². The van der Waals surface area contributed by atoms with Crippen molar-refractivity contribution < 1.29 is 17.9 Å². The summed E-state index contributed by atoms with van der Waals surface area (Å²) in [6, 6.07) is 3.00. The van der Waals surface area contributed by atoms with E-state index in [1.54, 1.807) is 18.8 Å². The quantitative estimate of drug-likeness (QED) is 0.827. The summed E-state index contributed by atoms with van der Waals surface area (Å²) in [6.45, 7) is 4.24. The molecule has 0 saturated heterocycles. The standard InChI is InChI=1S/C16H15Cl2F3N2O3/c1-7(2)26-10-5-4-9(11(17)12(10)18)6-23-14(24)8(3)13(16(19,20)21)22-15(23)25/h4-5,7H,6H2,1-3H3,(H,22,25). The van der Waals surface area contributed by atoms with Crippen LogP contribution < -0.4 is 16.0 Å². The van der Waals surface area contributed by atoms with Gasteiger partial charge in [-0.2, -0.15) is 13.2 Å². The molecule has 0 radical (unpaired) electrons. The first-order valence-corrected chi connectivity index (χ1v) is 8.23. The van der Waals surface area contributed by atoms with E-state index in [-0.39, 0.29) is 22.7 Å². The molecule has 2 aromatic rings. The lowest BCUT2D eigenvalue weighted by atomic mass is 10.2. The highest BCUT2D eigenvalue weighted by atomic mass is 35.5. The Morgan fingerprint density at radius 3 is 2.35 bits per heavy atom. The van der Waals surface area contributed by atoms with Crippen molar-refractivity contribution in [1.82, 2.24) is 9.55 Å². The second-order valence-corrected chi connectivity index (χ2v) is 6.59. The van der Waals surface area contributed by atoms with E-state index in [9.17, 15) is 22.8 Å². The van der Waals surface area contributed by atoms with Crippen molar-refractivity contribution >= 4 is 23.2 Å². The van der Waals surface area contributed by atoms with Gasteiger partial charge in [0.05, 0.1) is 17.7 Å². The molecule has 26 heavy (non-hydrogen) atoms. The van der Waals surface area contributed by atoms with E-state index in [0.29, 0.717) is 15.9 Å². The van der Waals surface area contributed by atoms with Crippen LogP contribution in [0.1, 0.15) is 30.7 Å². The summed E-state index contributed by atoms with van der Waals surface area (Å²) in [5.74, 6) is 0.320. The average Bonchev–Trinajstić information content (AvgIpc) is 2.52. The maximum Gasteiger partial charge on any atom is 0.431 e. The lowest BCUT2D eigenvalue weighted by molar-refractivity contribution is -0.142. The Kier molecular flexibility index (Phi) is 5.77. The molecule has 10 heteroatoms. The molecule has 0 aliphatic rings. The SMILES string of the molecule is Cc1c(C(F)(F)F)[nH]c(=O)n(Cc2ccc(OC(C)C)c(Cl)c2Cl)c1=O. The van der Waals surface area contributed by atoms with Gasteiger partial charge in [-0.1, -0.05) is 29.3 Å². The van der Waals surface area contributed by atoms with Gasteiger partial charge in [0.25, 0.3) is 5.56 Å². The number of alkyl halides is 3. The van der Waals surface area contributed by atoms with Gasteiger partial charge >= 0.3 is 11.9 Å². The van der Waals surface area contributed by atoms with Crippen LogP contribution in [0, 0.1) is 6.92 Å². The van der Waals surface area contributed by atoms with Gasteiger partial charge in [0, 0.05) is 5.56 Å². The molecule has 142 valence electrons. The van der Waals surface area contributed by atoms with Crippen LogP contribution >= 0.6 is 23.2 Å². The van der Waals surface area contributed by atoms with Crippen LogP contribution in [-0.4, -0.2) is 15.7 Å². The first-order chi connectivity index (χ1) is 11.9. The molecule has 0 unspecified atom stereocenters. The number of ether oxygens (including phenoxy) is 1. The van der Waals surface area contributed by atoms with Gasteiger partial charge in [-0.05, 0) is 32.4 Å². The van der Waals surface area contributed by atoms with Crippen LogP contribution in [-0.2, 0) is 12.7 Å². The summed E-state index contributed by atoms with van der Waals surface area (Å²) >= 11 is 12.3. The molecule has 2 rings (SSSR count). The fraction of sp³-hybridized carbons (Fsp3) is 0.375. The molecule has 1 heterocycles. The largest absolute Gasteiger partial charge is 0.489 e. The summed E-state index contributed by atoms with van der Waals surface area (Å²) < 4.78 is 44.7. The summed E-state index contributed by atoms with van der Waals surface area (Å²) in [4.78, 5) is 25.9. The Balaban J connectivity index is 2.50. The summed E-state index contributed by atoms with van der Waals surface area (Å²) in [5.41, 5.74) is -3.94. The average molecular weight is 411 g/mol. The van der Waals surface area contributed by atoms with Gasteiger partial charge in [-0.15, -0.1) is 0 Å². The third-order valence-electron chi connectivity index (χ3n) is 3.52. The zero-order valence-electron chi connectivity index (χ0n) is 14.0. The smallest absolute Gasteiger partial charge is 0.431 e. The first kappa shape index (κ1) is 20.4. The summed E-state index contributed by atoms with van der Waals surface area (Å²) in [5, 5.41) is 0.139. The van der Waals surface area contributed by atoms with E-state index >= 15 is 0 Å². The fourth-order valence-corrected chi connectivity index (χ4v) is 2.75. The number of benzene rings is 1. The highest BCUT2D eigenvalue weighted by Gasteiger charge is 2.35. The number of rotatable bonds is 4. The van der Waals surface area contributed by atoms with Crippen LogP contribution in [0.25, 0.3) is 0 Å². The minimum absolute atomic E-state index is 0.0497. The predicted molar refractivity (Wildman–Crippen MR) is 92.4 cm³/mol. The minimum atomic E-state index is -4.84. The number of H-pyrrole nitrogens is 1. The Hall–Kier alpha value is -1.93. The van der Waals surface area contributed by atoms with Gasteiger partial charge in [0.15, 0.2) is 0 Å². The number of nitrogens with zero attached hydrogens (tertiary/aromatic N) is 1. The van der Waals surface area contributed by atoms with Crippen molar-refractivity contribution in [3.63, 3.8) is 0 Å². The number of halogens is 5. The molecule has 0 amide bonds. The number of aromatic nitrogens is 2. The van der Waals surface area contributed by atoms with Crippen molar-refractivity contribution in [2.45, 2.75) is 39.6 Å². The van der Waals surface area contributed by atoms with E-state index in [0.717, 1.165) is 6.92 Å². The summed E-state index contributed by atoms with van der Waals surface area (Å²) in [7, 11) is 0. The molecule has 1 aromatic heterocycles. The number of hydrogen-bond acceptors (Lipinski definition) is 3. The molecule has 0 aliphatic heterocycles. The highest BCUT2D eigenvalue weighted by molar-refractivity contribution is 6.43. The lowest BCUT2D eigenvalue weighted by Gasteiger charge is -2.15. The second-order valence-electron chi connectivity index (χ2n) is 5.84. The molecule has 1 N–H and O–H groups in total. The summed E-state index contributed by atoms with van der Waals surface area (Å²) in [6.07, 6.45) is -4.99. The Morgan fingerprint density at radius 2 is 1.81 bits per heavy atom. The predicted octanol–water partition coefficient (Wildman–Crippen LogP) is 4.01. The first-order valence-electron chi connectivity index (χ1n) is 7.48. The van der Waals surface area contributed by atoms with E-state index < -0.39 is 28.7 Å². The lowest BCUT2D eigenvalue weighted by Crippen LogP contribution is -2.39. The molecule has 5 nitrogen and oxygen atoms in total. The Morgan fingerprint density at radius 1 is 1.19 bits per heavy atom. The molecule has 0 bridgehead atoms. The Labute approximate surface area is 156 Å². The highest BCUT2D eigenvalue weighted by Crippen LogP contribution is 2.35. The maximum absolute atomic E-state index is 12.9. The zero-order chi connectivity index (χ0) is 19.8. The van der Waals surface area contributed by atoms with Crippen LogP contribution in [0.4, 0.5) is 13.2 Å². The maximum atomic E-state index is 12.9. The third kappa shape index (κ3) is 4.07. The minimum Gasteiger partial charge on any atom is -0.489 e. The number of nitrogens with one attached hydrogen (secondary N) is 1. The van der Waals surface area contributed by atoms with Gasteiger partial charge in [-0.25, -0.2) is 4.79 Å². The molecule has 0 fully saturated rings. The third-order valence-corrected chi connectivity index (χ3v) is 4.42. The van der Waals surface area contributed by atoms with Crippen LogP contribution in [0.5, 0.6) is 5.75 Å². The van der Waals surface area contributed by atoms with Crippen molar-refractivity contribution in [3.05, 3.63) is 59.8 Å². The number of aromatic amines is 1. The van der Waals surface area contributed by atoms with Crippen molar-refractivity contribution in [1.29, 1.82) is 0 Å². The van der Waals surface area contributed by atoms with Crippen LogP contribution in [0.2, 0.25) is 10.0 Å². The Bertz CT molecular complexity index is 949. The monoisotopic (exact) mass is 410 g/mol. The van der Waals surface area contributed by atoms with Crippen LogP contribution in [0.15, 0.2) is 21.7 Å². The van der Waals surface area contributed by atoms with E-state index in [4.69, 9.17) is 27.9 Å². The molecular formula is C16H15Cl2F3N2O3. The zero-order valence-corrected chi connectivity index (χ0v) is 15.5. The molecule has 0 atom stereocenters.